The lowest BCUT2D eigenvalue weighted by atomic mass is 10.2. The van der Waals surface area contributed by atoms with Gasteiger partial charge in [-0.05, 0) is 18.9 Å². The Labute approximate surface area is 111 Å². The van der Waals surface area contributed by atoms with Crippen molar-refractivity contribution in [3.63, 3.8) is 0 Å². The Balaban J connectivity index is 1.54. The third kappa shape index (κ3) is 2.48. The Hall–Kier alpha value is -0.780. The summed E-state index contributed by atoms with van der Waals surface area (Å²) < 4.78 is 11.9. The van der Waals surface area contributed by atoms with Crippen molar-refractivity contribution in [1.82, 2.24) is 4.98 Å². The minimum absolute atomic E-state index is 0.181. The van der Waals surface area contributed by atoms with Crippen molar-refractivity contribution >= 4 is 17.4 Å². The van der Waals surface area contributed by atoms with Gasteiger partial charge >= 0.3 is 0 Å². The second kappa shape index (κ2) is 5.07. The first kappa shape index (κ1) is 12.3. The number of pyridine rings is 1. The molecule has 98 valence electrons. The van der Waals surface area contributed by atoms with E-state index in [1.54, 1.807) is 24.2 Å². The third-order valence-electron chi connectivity index (χ3n) is 3.51. The molecule has 0 amide bonds. The quantitative estimate of drug-likeness (QED) is 0.852. The van der Waals surface area contributed by atoms with Crippen LogP contribution in [0.3, 0.4) is 0 Å². The van der Waals surface area contributed by atoms with E-state index in [1.165, 1.54) is 12.8 Å². The summed E-state index contributed by atoms with van der Waals surface area (Å²) in [5.74, 6) is 0.630. The van der Waals surface area contributed by atoms with Crippen molar-refractivity contribution in [3.8, 4) is 0 Å². The van der Waals surface area contributed by atoms with Gasteiger partial charge in [0.25, 0.3) is 0 Å². The topological polar surface area (TPSA) is 57.4 Å². The van der Waals surface area contributed by atoms with E-state index in [0.29, 0.717) is 6.61 Å². The number of nitrogens with two attached hydrogens (primary N) is 1. The molecule has 2 fully saturated rings. The highest BCUT2D eigenvalue weighted by atomic mass is 32.2. The van der Waals surface area contributed by atoms with Crippen LogP contribution in [-0.4, -0.2) is 29.2 Å². The second-order valence-electron chi connectivity index (χ2n) is 4.89. The Bertz CT molecular complexity index is 421. The smallest absolute Gasteiger partial charge is 0.168 e. The fourth-order valence-electron chi connectivity index (χ4n) is 2.58. The molecule has 0 bridgehead atoms. The van der Waals surface area contributed by atoms with Crippen LogP contribution in [0.15, 0.2) is 23.4 Å². The molecule has 1 aromatic heterocycles. The van der Waals surface area contributed by atoms with Crippen LogP contribution in [0.1, 0.15) is 25.7 Å². The van der Waals surface area contributed by atoms with Crippen LogP contribution in [0.2, 0.25) is 0 Å². The summed E-state index contributed by atoms with van der Waals surface area (Å²) in [7, 11) is 0. The molecule has 0 radical (unpaired) electrons. The van der Waals surface area contributed by atoms with Crippen molar-refractivity contribution in [3.05, 3.63) is 18.5 Å². The van der Waals surface area contributed by atoms with Gasteiger partial charge in [0.1, 0.15) is 0 Å². The highest BCUT2D eigenvalue weighted by Gasteiger charge is 2.43. The van der Waals surface area contributed by atoms with Gasteiger partial charge in [-0.25, -0.2) is 0 Å². The van der Waals surface area contributed by atoms with Gasteiger partial charge in [-0.2, -0.15) is 0 Å². The van der Waals surface area contributed by atoms with Crippen LogP contribution < -0.4 is 5.73 Å². The molecule has 2 N–H and O–H groups in total. The number of hydrogen-bond acceptors (Lipinski definition) is 5. The van der Waals surface area contributed by atoms with E-state index in [9.17, 15) is 0 Å². The summed E-state index contributed by atoms with van der Waals surface area (Å²) in [4.78, 5) is 5.06. The summed E-state index contributed by atoms with van der Waals surface area (Å²) >= 11 is 1.72. The zero-order valence-corrected chi connectivity index (χ0v) is 11.1. The lowest BCUT2D eigenvalue weighted by Gasteiger charge is -2.21. The standard InChI is InChI=1S/C13H18N2O2S/c14-11-7-15-6-3-12(11)18-9-10-8-16-13(17-10)4-1-2-5-13/h3,6-7,10H,1-2,4-5,8-9,14H2. The van der Waals surface area contributed by atoms with Gasteiger partial charge in [0.05, 0.1) is 24.6 Å². The van der Waals surface area contributed by atoms with Gasteiger partial charge in [-0.1, -0.05) is 0 Å². The van der Waals surface area contributed by atoms with Crippen LogP contribution in [0.4, 0.5) is 5.69 Å². The minimum Gasteiger partial charge on any atom is -0.397 e. The first-order valence-corrected chi connectivity index (χ1v) is 7.40. The summed E-state index contributed by atoms with van der Waals surface area (Å²) in [5, 5.41) is 0. The number of ether oxygens (including phenoxy) is 2. The molecule has 1 saturated carbocycles. The Morgan fingerprint density at radius 3 is 3.06 bits per heavy atom. The zero-order chi connectivity index (χ0) is 12.4. The molecule has 1 spiro atoms. The molecule has 4 nitrogen and oxygen atoms in total. The molecule has 1 saturated heterocycles. The number of aromatic nitrogens is 1. The highest BCUT2D eigenvalue weighted by molar-refractivity contribution is 7.99. The molecule has 1 atom stereocenters. The summed E-state index contributed by atoms with van der Waals surface area (Å²) in [6.45, 7) is 0.706. The van der Waals surface area contributed by atoms with Crippen LogP contribution in [0.5, 0.6) is 0 Å². The van der Waals surface area contributed by atoms with Gasteiger partial charge < -0.3 is 15.2 Å². The Morgan fingerprint density at radius 2 is 2.28 bits per heavy atom. The number of hydrogen-bond donors (Lipinski definition) is 1. The SMILES string of the molecule is Nc1cnccc1SCC1COC2(CCCC2)O1. The minimum atomic E-state index is -0.255. The first-order chi connectivity index (χ1) is 8.77. The van der Waals surface area contributed by atoms with Gasteiger partial charge in [0, 0.05) is 29.7 Å². The van der Waals surface area contributed by atoms with E-state index in [4.69, 9.17) is 15.2 Å². The monoisotopic (exact) mass is 266 g/mol. The Morgan fingerprint density at radius 1 is 1.44 bits per heavy atom. The van der Waals surface area contributed by atoms with Gasteiger partial charge in [0.15, 0.2) is 5.79 Å². The normalized spacial score (nSPS) is 25.9. The number of anilines is 1. The lowest BCUT2D eigenvalue weighted by Crippen LogP contribution is -2.27. The molecule has 1 aliphatic carbocycles. The largest absolute Gasteiger partial charge is 0.397 e. The predicted molar refractivity (Wildman–Crippen MR) is 71.4 cm³/mol. The molecule has 2 heterocycles. The van der Waals surface area contributed by atoms with Gasteiger partial charge in [-0.3, -0.25) is 4.98 Å². The molecule has 1 aromatic rings. The van der Waals surface area contributed by atoms with E-state index in [-0.39, 0.29) is 11.9 Å². The molecular weight excluding hydrogens is 248 g/mol. The van der Waals surface area contributed by atoms with Gasteiger partial charge in [-0.15, -0.1) is 11.8 Å². The third-order valence-corrected chi connectivity index (χ3v) is 4.74. The van der Waals surface area contributed by atoms with E-state index < -0.39 is 0 Å². The van der Waals surface area contributed by atoms with Gasteiger partial charge in [0.2, 0.25) is 0 Å². The van der Waals surface area contributed by atoms with Crippen LogP contribution in [0, 0.1) is 0 Å². The molecule has 1 aliphatic heterocycles. The number of nitrogen functional groups attached to an aromatic ring is 1. The number of rotatable bonds is 3. The van der Waals surface area contributed by atoms with Crippen molar-refractivity contribution in [2.24, 2.45) is 0 Å². The van der Waals surface area contributed by atoms with E-state index in [2.05, 4.69) is 4.98 Å². The van der Waals surface area contributed by atoms with Crippen LogP contribution in [0.25, 0.3) is 0 Å². The zero-order valence-electron chi connectivity index (χ0n) is 10.3. The highest BCUT2D eigenvalue weighted by Crippen LogP contribution is 2.40. The van der Waals surface area contributed by atoms with Crippen molar-refractivity contribution in [2.45, 2.75) is 42.5 Å². The summed E-state index contributed by atoms with van der Waals surface area (Å²) in [6.07, 6.45) is 8.17. The molecule has 18 heavy (non-hydrogen) atoms. The molecule has 5 heteroatoms. The van der Waals surface area contributed by atoms with Crippen molar-refractivity contribution in [1.29, 1.82) is 0 Å². The van der Waals surface area contributed by atoms with Crippen LogP contribution in [-0.2, 0) is 9.47 Å². The van der Waals surface area contributed by atoms with E-state index in [0.717, 1.165) is 29.2 Å². The molecule has 3 rings (SSSR count). The predicted octanol–water partition coefficient (Wildman–Crippen LogP) is 2.44. The maximum atomic E-state index is 6.07. The second-order valence-corrected chi connectivity index (χ2v) is 5.95. The summed E-state index contributed by atoms with van der Waals surface area (Å²) in [6, 6.07) is 1.95. The maximum Gasteiger partial charge on any atom is 0.168 e. The van der Waals surface area contributed by atoms with Crippen molar-refractivity contribution < 1.29 is 9.47 Å². The fraction of sp³-hybridized carbons (Fsp3) is 0.615. The molecule has 1 unspecified atom stereocenters. The molecule has 0 aromatic carbocycles. The average molecular weight is 266 g/mol. The van der Waals surface area contributed by atoms with Crippen LogP contribution >= 0.6 is 11.8 Å². The first-order valence-electron chi connectivity index (χ1n) is 6.41. The van der Waals surface area contributed by atoms with E-state index >= 15 is 0 Å². The summed E-state index contributed by atoms with van der Waals surface area (Å²) in [5.41, 5.74) is 6.60. The average Bonchev–Trinajstić information content (AvgIpc) is 3.00. The molecular formula is C13H18N2O2S. The number of nitrogens with zero attached hydrogens (tertiary/aromatic N) is 1. The Kier molecular flexibility index (Phi) is 3.46. The van der Waals surface area contributed by atoms with Crippen molar-refractivity contribution in [2.75, 3.05) is 18.1 Å². The number of thioether (sulfide) groups is 1. The lowest BCUT2D eigenvalue weighted by molar-refractivity contribution is -0.159. The fourth-order valence-corrected chi connectivity index (χ4v) is 3.49. The van der Waals surface area contributed by atoms with E-state index in [1.807, 2.05) is 6.07 Å². The molecule has 2 aliphatic rings. The maximum absolute atomic E-state index is 6.07.